The molecule has 0 saturated heterocycles. The van der Waals surface area contributed by atoms with Crippen molar-refractivity contribution in [3.8, 4) is 34.1 Å². The summed E-state index contributed by atoms with van der Waals surface area (Å²) in [4.78, 5) is 28.8. The zero-order valence-corrected chi connectivity index (χ0v) is 16.5. The predicted octanol–water partition coefficient (Wildman–Crippen LogP) is 3.16. The van der Waals surface area contributed by atoms with Gasteiger partial charge in [0.25, 0.3) is 0 Å². The van der Waals surface area contributed by atoms with Crippen molar-refractivity contribution < 1.29 is 38.4 Å². The first-order valence-electron chi connectivity index (χ1n) is 9.61. The molecule has 0 bridgehead atoms. The summed E-state index contributed by atoms with van der Waals surface area (Å²) < 4.78 is 27.2. The highest BCUT2D eigenvalue weighted by Gasteiger charge is 2.29. The largest absolute Gasteiger partial charge is 0.477 e. The summed E-state index contributed by atoms with van der Waals surface area (Å²) in [6.45, 7) is 1.99. The molecule has 0 atom stereocenters. The van der Waals surface area contributed by atoms with Crippen LogP contribution in [-0.2, 0) is 16.0 Å². The van der Waals surface area contributed by atoms with Gasteiger partial charge in [-0.05, 0) is 36.8 Å². The van der Waals surface area contributed by atoms with Gasteiger partial charge in [-0.1, -0.05) is 6.07 Å². The van der Waals surface area contributed by atoms with E-state index in [-0.39, 0.29) is 37.9 Å². The number of hydrogen-bond donors (Lipinski definition) is 1. The van der Waals surface area contributed by atoms with Gasteiger partial charge in [-0.25, -0.2) is 9.78 Å². The Bertz CT molecular complexity index is 1240. The molecule has 158 valence electrons. The molecule has 9 heteroatoms. The van der Waals surface area contributed by atoms with Crippen molar-refractivity contribution in [2.75, 3.05) is 20.2 Å². The van der Waals surface area contributed by atoms with E-state index in [0.717, 1.165) is 0 Å². The highest BCUT2D eigenvalue weighted by molar-refractivity contribution is 6.07. The van der Waals surface area contributed by atoms with Crippen LogP contribution in [0.5, 0.6) is 23.0 Å². The number of esters is 1. The topological polar surface area (TPSA) is 113 Å². The third kappa shape index (κ3) is 3.14. The lowest BCUT2D eigenvalue weighted by Crippen LogP contribution is -2.15. The first-order chi connectivity index (χ1) is 15.1. The van der Waals surface area contributed by atoms with E-state index in [0.29, 0.717) is 45.0 Å². The van der Waals surface area contributed by atoms with Gasteiger partial charge in [-0.3, -0.25) is 4.79 Å². The smallest absolute Gasteiger partial charge is 0.354 e. The molecule has 2 aliphatic rings. The Hall–Kier alpha value is -4.01. The van der Waals surface area contributed by atoms with Crippen LogP contribution >= 0.6 is 0 Å². The molecule has 31 heavy (non-hydrogen) atoms. The molecule has 0 saturated carbocycles. The Morgan fingerprint density at radius 2 is 1.77 bits per heavy atom. The summed E-state index contributed by atoms with van der Waals surface area (Å²) in [5, 5.41) is 10.4. The number of ether oxygens (including phenoxy) is 5. The molecule has 2 aromatic carbocycles. The number of pyridine rings is 1. The first kappa shape index (κ1) is 19.0. The van der Waals surface area contributed by atoms with Gasteiger partial charge < -0.3 is 28.8 Å². The van der Waals surface area contributed by atoms with Crippen LogP contribution < -0.4 is 18.9 Å². The average molecular weight is 423 g/mol. The van der Waals surface area contributed by atoms with Crippen LogP contribution in [0.25, 0.3) is 22.0 Å². The van der Waals surface area contributed by atoms with E-state index in [2.05, 4.69) is 4.98 Å². The molecule has 1 aromatic heterocycles. The molecule has 0 spiro atoms. The van der Waals surface area contributed by atoms with Gasteiger partial charge >= 0.3 is 11.9 Å². The van der Waals surface area contributed by atoms with Crippen LogP contribution in [0, 0.1) is 0 Å². The van der Waals surface area contributed by atoms with Crippen molar-refractivity contribution in [1.29, 1.82) is 0 Å². The van der Waals surface area contributed by atoms with Crippen molar-refractivity contribution >= 4 is 22.8 Å². The number of fused-ring (bicyclic) bond motifs is 4. The maximum atomic E-state index is 12.4. The van der Waals surface area contributed by atoms with E-state index >= 15 is 0 Å². The van der Waals surface area contributed by atoms with E-state index in [1.807, 2.05) is 0 Å². The minimum Gasteiger partial charge on any atom is -0.477 e. The zero-order chi connectivity index (χ0) is 21.5. The van der Waals surface area contributed by atoms with Crippen molar-refractivity contribution in [3.05, 3.63) is 41.6 Å². The van der Waals surface area contributed by atoms with E-state index in [9.17, 15) is 14.7 Å². The molecule has 2 aliphatic heterocycles. The SMILES string of the molecule is CCOC(=O)Cc1c(C(=O)O)nc2ccc3c(c2c1-c1ccc2c(c1)OCO2)OCO3. The third-order valence-electron chi connectivity index (χ3n) is 5.08. The summed E-state index contributed by atoms with van der Waals surface area (Å²) in [6, 6.07) is 8.60. The van der Waals surface area contributed by atoms with Gasteiger partial charge in [0.05, 0.1) is 23.9 Å². The predicted molar refractivity (Wildman–Crippen MR) is 107 cm³/mol. The van der Waals surface area contributed by atoms with Crippen molar-refractivity contribution in [2.45, 2.75) is 13.3 Å². The number of aromatic nitrogens is 1. The van der Waals surface area contributed by atoms with Crippen LogP contribution in [0.3, 0.4) is 0 Å². The molecular formula is C22H17NO8. The second-order valence-electron chi connectivity index (χ2n) is 6.86. The minimum absolute atomic E-state index is 0.0307. The second kappa shape index (κ2) is 7.35. The molecule has 3 aromatic rings. The number of aromatic carboxylic acids is 1. The molecule has 9 nitrogen and oxygen atoms in total. The molecule has 5 rings (SSSR count). The highest BCUT2D eigenvalue weighted by Crippen LogP contribution is 2.47. The number of carboxylic acids is 1. The minimum atomic E-state index is -1.25. The van der Waals surface area contributed by atoms with E-state index < -0.39 is 11.9 Å². The third-order valence-corrected chi connectivity index (χ3v) is 5.08. The van der Waals surface area contributed by atoms with Crippen LogP contribution in [0.4, 0.5) is 0 Å². The lowest BCUT2D eigenvalue weighted by Gasteiger charge is -2.17. The Labute approximate surface area is 176 Å². The first-order valence-corrected chi connectivity index (χ1v) is 9.61. The fourth-order valence-corrected chi connectivity index (χ4v) is 3.83. The van der Waals surface area contributed by atoms with Gasteiger partial charge in [-0.15, -0.1) is 0 Å². The summed E-state index contributed by atoms with van der Waals surface area (Å²) in [5.41, 5.74) is 1.52. The summed E-state index contributed by atoms with van der Waals surface area (Å²) in [5.74, 6) is 0.253. The number of carbonyl (C=O) groups excluding carboxylic acids is 1. The van der Waals surface area contributed by atoms with E-state index in [1.54, 1.807) is 37.3 Å². The van der Waals surface area contributed by atoms with Gasteiger partial charge in [-0.2, -0.15) is 0 Å². The molecule has 0 unspecified atom stereocenters. The van der Waals surface area contributed by atoms with Crippen LogP contribution in [0.15, 0.2) is 30.3 Å². The van der Waals surface area contributed by atoms with Crippen molar-refractivity contribution in [1.82, 2.24) is 4.98 Å². The normalized spacial score (nSPS) is 13.5. The Kier molecular flexibility index (Phi) is 4.50. The van der Waals surface area contributed by atoms with Gasteiger partial charge in [0.1, 0.15) is 0 Å². The average Bonchev–Trinajstić information content (AvgIpc) is 3.41. The standard InChI is InChI=1S/C22H17NO8/c1-2-27-17(24)8-12-18(11-3-5-14-16(7-11)30-9-28-14)19-13(23-20(12)22(25)26)4-6-15-21(19)31-10-29-15/h3-7H,2,8-10H2,1H3,(H,25,26). The Morgan fingerprint density at radius 3 is 2.58 bits per heavy atom. The van der Waals surface area contributed by atoms with Crippen LogP contribution in [0.1, 0.15) is 23.0 Å². The van der Waals surface area contributed by atoms with E-state index in [4.69, 9.17) is 23.7 Å². The zero-order valence-electron chi connectivity index (χ0n) is 16.5. The van der Waals surface area contributed by atoms with Gasteiger partial charge in [0.2, 0.25) is 13.6 Å². The molecule has 0 radical (unpaired) electrons. The van der Waals surface area contributed by atoms with E-state index in [1.165, 1.54) is 0 Å². The van der Waals surface area contributed by atoms with Crippen molar-refractivity contribution in [2.24, 2.45) is 0 Å². The van der Waals surface area contributed by atoms with Gasteiger partial charge in [0, 0.05) is 11.1 Å². The quantitative estimate of drug-likeness (QED) is 0.618. The summed E-state index contributed by atoms with van der Waals surface area (Å²) in [7, 11) is 0. The number of rotatable bonds is 5. The second-order valence-corrected chi connectivity index (χ2v) is 6.86. The molecule has 0 aliphatic carbocycles. The van der Waals surface area contributed by atoms with Gasteiger partial charge in [0.15, 0.2) is 28.7 Å². The maximum Gasteiger partial charge on any atom is 0.354 e. The lowest BCUT2D eigenvalue weighted by molar-refractivity contribution is -0.142. The molecule has 0 fully saturated rings. The number of carbonyl (C=O) groups is 2. The summed E-state index contributed by atoms with van der Waals surface area (Å²) in [6.07, 6.45) is -0.271. The number of carboxylic acid groups (broad SMARTS) is 1. The fourth-order valence-electron chi connectivity index (χ4n) is 3.83. The van der Waals surface area contributed by atoms with Crippen molar-refractivity contribution in [3.63, 3.8) is 0 Å². The number of benzene rings is 2. The fraction of sp³-hybridized carbons (Fsp3) is 0.227. The lowest BCUT2D eigenvalue weighted by atomic mass is 9.91. The Balaban J connectivity index is 1.85. The van der Waals surface area contributed by atoms with Crippen LogP contribution in [0.2, 0.25) is 0 Å². The highest BCUT2D eigenvalue weighted by atomic mass is 16.7. The number of hydrogen-bond acceptors (Lipinski definition) is 8. The summed E-state index contributed by atoms with van der Waals surface area (Å²) >= 11 is 0. The number of nitrogens with zero attached hydrogens (tertiary/aromatic N) is 1. The monoisotopic (exact) mass is 423 g/mol. The Morgan fingerprint density at radius 1 is 1.03 bits per heavy atom. The maximum absolute atomic E-state index is 12.4. The molecule has 0 amide bonds. The molecule has 1 N–H and O–H groups in total. The molecule has 3 heterocycles. The van der Waals surface area contributed by atoms with Crippen LogP contribution in [-0.4, -0.2) is 42.2 Å². The molecular weight excluding hydrogens is 406 g/mol.